The standard InChI is InChI=1S/C15H14BrClO3/c1-19-10-4-5-11(13(17)8-10)15(18)9-3-6-14(20-2)12(16)7-9/h3-8,15,18H,1-2H3. The van der Waals surface area contributed by atoms with Gasteiger partial charge in [-0.2, -0.15) is 0 Å². The second-order valence-corrected chi connectivity index (χ2v) is 5.45. The minimum Gasteiger partial charge on any atom is -0.497 e. The van der Waals surface area contributed by atoms with Crippen molar-refractivity contribution in [3.63, 3.8) is 0 Å². The van der Waals surface area contributed by atoms with Crippen molar-refractivity contribution in [2.45, 2.75) is 6.10 Å². The lowest BCUT2D eigenvalue weighted by Crippen LogP contribution is -2.01. The highest BCUT2D eigenvalue weighted by Crippen LogP contribution is 2.34. The number of aliphatic hydroxyl groups is 1. The van der Waals surface area contributed by atoms with Crippen LogP contribution in [0.1, 0.15) is 17.2 Å². The lowest BCUT2D eigenvalue weighted by atomic mass is 10.0. The minimum atomic E-state index is -0.810. The number of hydrogen-bond acceptors (Lipinski definition) is 3. The van der Waals surface area contributed by atoms with Crippen LogP contribution in [0.3, 0.4) is 0 Å². The molecule has 0 fully saturated rings. The van der Waals surface area contributed by atoms with Crippen molar-refractivity contribution >= 4 is 27.5 Å². The Morgan fingerprint density at radius 3 is 2.40 bits per heavy atom. The second kappa shape index (κ2) is 6.48. The van der Waals surface area contributed by atoms with Crippen LogP contribution in [0.2, 0.25) is 5.02 Å². The number of rotatable bonds is 4. The number of aliphatic hydroxyl groups excluding tert-OH is 1. The highest BCUT2D eigenvalue weighted by atomic mass is 79.9. The molecule has 1 N–H and O–H groups in total. The molecular formula is C15H14BrClO3. The third-order valence-electron chi connectivity index (χ3n) is 2.99. The molecule has 0 aliphatic carbocycles. The normalized spacial score (nSPS) is 12.1. The van der Waals surface area contributed by atoms with Crippen molar-refractivity contribution in [3.05, 3.63) is 57.0 Å². The molecule has 0 amide bonds. The molecule has 5 heteroatoms. The van der Waals surface area contributed by atoms with Crippen molar-refractivity contribution in [2.24, 2.45) is 0 Å². The second-order valence-electron chi connectivity index (χ2n) is 4.18. The Morgan fingerprint density at radius 1 is 1.10 bits per heavy atom. The number of benzene rings is 2. The molecule has 1 atom stereocenters. The Labute approximate surface area is 131 Å². The lowest BCUT2D eigenvalue weighted by molar-refractivity contribution is 0.220. The molecule has 0 spiro atoms. The van der Waals surface area contributed by atoms with E-state index in [1.165, 1.54) is 0 Å². The van der Waals surface area contributed by atoms with Crippen LogP contribution in [-0.2, 0) is 0 Å². The lowest BCUT2D eigenvalue weighted by Gasteiger charge is -2.15. The summed E-state index contributed by atoms with van der Waals surface area (Å²) in [4.78, 5) is 0. The zero-order valence-electron chi connectivity index (χ0n) is 11.1. The van der Waals surface area contributed by atoms with E-state index >= 15 is 0 Å². The fourth-order valence-corrected chi connectivity index (χ4v) is 2.72. The van der Waals surface area contributed by atoms with Crippen molar-refractivity contribution in [1.29, 1.82) is 0 Å². The fraction of sp³-hybridized carbons (Fsp3) is 0.200. The highest BCUT2D eigenvalue weighted by Gasteiger charge is 2.16. The van der Waals surface area contributed by atoms with Gasteiger partial charge in [0.15, 0.2) is 0 Å². The van der Waals surface area contributed by atoms with Gasteiger partial charge in [0.25, 0.3) is 0 Å². The first-order chi connectivity index (χ1) is 9.56. The number of methoxy groups -OCH3 is 2. The van der Waals surface area contributed by atoms with Crippen molar-refractivity contribution in [1.82, 2.24) is 0 Å². The van der Waals surface area contributed by atoms with E-state index in [4.69, 9.17) is 21.1 Å². The van der Waals surface area contributed by atoms with Gasteiger partial charge in [0.2, 0.25) is 0 Å². The molecule has 20 heavy (non-hydrogen) atoms. The van der Waals surface area contributed by atoms with E-state index in [1.807, 2.05) is 6.07 Å². The average Bonchev–Trinajstić information content (AvgIpc) is 2.46. The van der Waals surface area contributed by atoms with Crippen LogP contribution in [0, 0.1) is 0 Å². The molecule has 3 nitrogen and oxygen atoms in total. The van der Waals surface area contributed by atoms with Gasteiger partial charge in [-0.25, -0.2) is 0 Å². The maximum absolute atomic E-state index is 10.4. The summed E-state index contributed by atoms with van der Waals surface area (Å²) < 4.78 is 11.0. The van der Waals surface area contributed by atoms with E-state index in [0.29, 0.717) is 22.1 Å². The SMILES string of the molecule is COc1ccc(C(O)c2ccc(OC)c(Br)c2)c(Cl)c1. The van der Waals surface area contributed by atoms with Crippen LogP contribution in [-0.4, -0.2) is 19.3 Å². The van der Waals surface area contributed by atoms with Crippen LogP contribution in [0.5, 0.6) is 11.5 Å². The largest absolute Gasteiger partial charge is 0.497 e. The first-order valence-electron chi connectivity index (χ1n) is 5.91. The first-order valence-corrected chi connectivity index (χ1v) is 7.09. The average molecular weight is 358 g/mol. The van der Waals surface area contributed by atoms with Gasteiger partial charge in [0.05, 0.1) is 23.7 Å². The Hall–Kier alpha value is -1.23. The molecule has 2 rings (SSSR count). The number of hydrogen-bond donors (Lipinski definition) is 1. The van der Waals surface area contributed by atoms with Crippen LogP contribution >= 0.6 is 27.5 Å². The Kier molecular flexibility index (Phi) is 4.91. The predicted molar refractivity (Wildman–Crippen MR) is 82.8 cm³/mol. The van der Waals surface area contributed by atoms with Crippen LogP contribution < -0.4 is 9.47 Å². The smallest absolute Gasteiger partial charge is 0.133 e. The number of ether oxygens (including phenoxy) is 2. The van der Waals surface area contributed by atoms with E-state index in [9.17, 15) is 5.11 Å². The fourth-order valence-electron chi connectivity index (χ4n) is 1.89. The van der Waals surface area contributed by atoms with Gasteiger partial charge in [-0.05, 0) is 45.8 Å². The monoisotopic (exact) mass is 356 g/mol. The molecule has 0 saturated heterocycles. The van der Waals surface area contributed by atoms with Crippen LogP contribution in [0.4, 0.5) is 0 Å². The summed E-state index contributed by atoms with van der Waals surface area (Å²) in [5.74, 6) is 1.36. The zero-order valence-corrected chi connectivity index (χ0v) is 13.4. The highest BCUT2D eigenvalue weighted by molar-refractivity contribution is 9.10. The molecule has 106 valence electrons. The maximum atomic E-state index is 10.4. The van der Waals surface area contributed by atoms with Gasteiger partial charge in [0, 0.05) is 5.56 Å². The van der Waals surface area contributed by atoms with Gasteiger partial charge in [-0.1, -0.05) is 23.7 Å². The van der Waals surface area contributed by atoms with Gasteiger partial charge in [0.1, 0.15) is 17.6 Å². The Balaban J connectivity index is 2.35. The van der Waals surface area contributed by atoms with E-state index in [-0.39, 0.29) is 0 Å². The molecular weight excluding hydrogens is 344 g/mol. The van der Waals surface area contributed by atoms with Crippen LogP contribution in [0.25, 0.3) is 0 Å². The van der Waals surface area contributed by atoms with E-state index in [2.05, 4.69) is 15.9 Å². The maximum Gasteiger partial charge on any atom is 0.133 e. The van der Waals surface area contributed by atoms with Gasteiger partial charge in [-0.15, -0.1) is 0 Å². The third kappa shape index (κ3) is 3.08. The summed E-state index contributed by atoms with van der Waals surface area (Å²) in [6.07, 6.45) is -0.810. The summed E-state index contributed by atoms with van der Waals surface area (Å²) in [6.45, 7) is 0. The molecule has 2 aromatic rings. The van der Waals surface area contributed by atoms with Crippen molar-refractivity contribution in [3.8, 4) is 11.5 Å². The quantitative estimate of drug-likeness (QED) is 0.891. The summed E-state index contributed by atoms with van der Waals surface area (Å²) in [5.41, 5.74) is 1.36. The predicted octanol–water partition coefficient (Wildman–Crippen LogP) is 4.20. The van der Waals surface area contributed by atoms with Gasteiger partial charge >= 0.3 is 0 Å². The van der Waals surface area contributed by atoms with Gasteiger partial charge < -0.3 is 14.6 Å². The van der Waals surface area contributed by atoms with E-state index in [0.717, 1.165) is 10.0 Å². The van der Waals surface area contributed by atoms with Crippen LogP contribution in [0.15, 0.2) is 40.9 Å². The molecule has 2 aromatic carbocycles. The minimum absolute atomic E-state index is 0.462. The Bertz CT molecular complexity index is 616. The summed E-state index contributed by atoms with van der Waals surface area (Å²) >= 11 is 9.58. The van der Waals surface area contributed by atoms with Crippen molar-refractivity contribution in [2.75, 3.05) is 14.2 Å². The molecule has 0 saturated carbocycles. The summed E-state index contributed by atoms with van der Waals surface area (Å²) in [5, 5.41) is 10.9. The first kappa shape index (κ1) is 15.2. The third-order valence-corrected chi connectivity index (χ3v) is 3.94. The topological polar surface area (TPSA) is 38.7 Å². The van der Waals surface area contributed by atoms with Gasteiger partial charge in [-0.3, -0.25) is 0 Å². The molecule has 1 unspecified atom stereocenters. The van der Waals surface area contributed by atoms with E-state index in [1.54, 1.807) is 44.6 Å². The molecule has 0 aliphatic rings. The van der Waals surface area contributed by atoms with Crippen molar-refractivity contribution < 1.29 is 14.6 Å². The summed E-state index contributed by atoms with van der Waals surface area (Å²) in [7, 11) is 3.17. The molecule has 0 heterocycles. The van der Waals surface area contributed by atoms with E-state index < -0.39 is 6.10 Å². The molecule has 0 aromatic heterocycles. The number of halogens is 2. The molecule has 0 radical (unpaired) electrons. The Morgan fingerprint density at radius 2 is 1.85 bits per heavy atom. The zero-order chi connectivity index (χ0) is 14.7. The summed E-state index contributed by atoms with van der Waals surface area (Å²) in [6, 6.07) is 10.6. The molecule has 0 aliphatic heterocycles. The molecule has 0 bridgehead atoms.